The Kier molecular flexibility index (Phi) is 9.33. The first-order valence-electron chi connectivity index (χ1n) is 10.5. The number of aliphatic carboxylic acids is 2. The van der Waals surface area contributed by atoms with E-state index in [0.29, 0.717) is 18.4 Å². The molecule has 0 bridgehead atoms. The SMILES string of the molecule is NC(CO)C(=O)N1CCCC1C(=O)NC(Cc1ccc(O)cc1)C(=O)NC(CC(=O)O)C(=O)O. The van der Waals surface area contributed by atoms with Crippen molar-refractivity contribution in [3.8, 4) is 5.75 Å². The van der Waals surface area contributed by atoms with E-state index in [1.54, 1.807) is 0 Å². The van der Waals surface area contributed by atoms with Crippen LogP contribution in [0.25, 0.3) is 0 Å². The largest absolute Gasteiger partial charge is 0.508 e. The number of benzene rings is 1. The van der Waals surface area contributed by atoms with E-state index < -0.39 is 66.9 Å². The van der Waals surface area contributed by atoms with Gasteiger partial charge in [0, 0.05) is 13.0 Å². The summed E-state index contributed by atoms with van der Waals surface area (Å²) in [7, 11) is 0. The number of likely N-dealkylation sites (tertiary alicyclic amines) is 1. The van der Waals surface area contributed by atoms with Crippen LogP contribution in [0.15, 0.2) is 24.3 Å². The van der Waals surface area contributed by atoms with E-state index in [0.717, 1.165) is 0 Å². The van der Waals surface area contributed by atoms with Crippen LogP contribution in [0.1, 0.15) is 24.8 Å². The summed E-state index contributed by atoms with van der Waals surface area (Å²) >= 11 is 0. The predicted octanol–water partition coefficient (Wildman–Crippen LogP) is -2.23. The fourth-order valence-electron chi connectivity index (χ4n) is 3.59. The number of aromatic hydroxyl groups is 1. The van der Waals surface area contributed by atoms with Gasteiger partial charge in [0.2, 0.25) is 17.7 Å². The Morgan fingerprint density at radius 1 is 1.06 bits per heavy atom. The average Bonchev–Trinajstić information content (AvgIpc) is 3.28. The normalized spacial score (nSPS) is 17.9. The van der Waals surface area contributed by atoms with E-state index in [2.05, 4.69) is 10.6 Å². The van der Waals surface area contributed by atoms with Gasteiger partial charge in [-0.15, -0.1) is 0 Å². The second kappa shape index (κ2) is 12.0. The number of phenolic OH excluding ortho intramolecular Hbond substituents is 1. The molecule has 0 spiro atoms. The maximum absolute atomic E-state index is 13.0. The Bertz CT molecular complexity index is 921. The molecule has 13 nitrogen and oxygen atoms in total. The van der Waals surface area contributed by atoms with Gasteiger partial charge >= 0.3 is 11.9 Å². The zero-order valence-electron chi connectivity index (χ0n) is 18.2. The van der Waals surface area contributed by atoms with Crippen molar-refractivity contribution in [2.45, 2.75) is 49.9 Å². The monoisotopic (exact) mass is 480 g/mol. The smallest absolute Gasteiger partial charge is 0.326 e. The van der Waals surface area contributed by atoms with Gasteiger partial charge in [-0.2, -0.15) is 0 Å². The number of hydrogen-bond donors (Lipinski definition) is 7. The minimum atomic E-state index is -1.73. The van der Waals surface area contributed by atoms with Crippen LogP contribution in [0.2, 0.25) is 0 Å². The molecular weight excluding hydrogens is 452 g/mol. The van der Waals surface area contributed by atoms with E-state index >= 15 is 0 Å². The highest BCUT2D eigenvalue weighted by Crippen LogP contribution is 2.19. The topological polar surface area (TPSA) is 220 Å². The molecule has 0 aromatic heterocycles. The van der Waals surface area contributed by atoms with Gasteiger partial charge in [-0.3, -0.25) is 19.2 Å². The second-order valence-electron chi connectivity index (χ2n) is 7.91. The number of carbonyl (C=O) groups excluding carboxylic acids is 3. The lowest BCUT2D eigenvalue weighted by Gasteiger charge is -2.28. The van der Waals surface area contributed by atoms with E-state index in [1.165, 1.54) is 29.2 Å². The van der Waals surface area contributed by atoms with Crippen molar-refractivity contribution in [3.63, 3.8) is 0 Å². The molecule has 4 atom stereocenters. The molecule has 1 aromatic carbocycles. The summed E-state index contributed by atoms with van der Waals surface area (Å²) in [6.45, 7) is -0.366. The Morgan fingerprint density at radius 3 is 2.26 bits per heavy atom. The van der Waals surface area contributed by atoms with E-state index in [1.807, 2.05) is 0 Å². The lowest BCUT2D eigenvalue weighted by molar-refractivity contribution is -0.147. The molecule has 1 saturated heterocycles. The number of phenols is 1. The molecule has 1 aliphatic rings. The summed E-state index contributed by atoms with van der Waals surface area (Å²) in [4.78, 5) is 61.8. The van der Waals surface area contributed by atoms with E-state index in [4.69, 9.17) is 15.9 Å². The molecule has 0 saturated carbocycles. The number of nitrogens with zero attached hydrogens (tertiary/aromatic N) is 1. The zero-order valence-corrected chi connectivity index (χ0v) is 18.2. The molecule has 34 heavy (non-hydrogen) atoms. The van der Waals surface area contributed by atoms with Crippen LogP contribution in [0.5, 0.6) is 5.75 Å². The molecular formula is C21H28N4O9. The minimum Gasteiger partial charge on any atom is -0.508 e. The number of aliphatic hydroxyl groups is 1. The number of rotatable bonds is 11. The fraction of sp³-hybridized carbons (Fsp3) is 0.476. The Morgan fingerprint density at radius 2 is 1.71 bits per heavy atom. The first-order chi connectivity index (χ1) is 16.0. The van der Waals surface area contributed by atoms with E-state index in [9.17, 15) is 34.2 Å². The molecule has 0 aliphatic carbocycles. The maximum Gasteiger partial charge on any atom is 0.326 e. The van der Waals surface area contributed by atoms with Crippen molar-refractivity contribution in [1.29, 1.82) is 0 Å². The highest BCUT2D eigenvalue weighted by atomic mass is 16.4. The van der Waals surface area contributed by atoms with Gasteiger partial charge in [0.05, 0.1) is 13.0 Å². The summed E-state index contributed by atoms with van der Waals surface area (Å²) in [6, 6.07) is 0.548. The van der Waals surface area contributed by atoms with Crippen LogP contribution < -0.4 is 16.4 Å². The lowest BCUT2D eigenvalue weighted by atomic mass is 10.0. The van der Waals surface area contributed by atoms with Crippen LogP contribution in [0, 0.1) is 0 Å². The fourth-order valence-corrected chi connectivity index (χ4v) is 3.59. The first kappa shape index (κ1) is 26.5. The molecule has 3 amide bonds. The van der Waals surface area contributed by atoms with Gasteiger partial charge in [-0.25, -0.2) is 4.79 Å². The van der Waals surface area contributed by atoms with Crippen molar-refractivity contribution in [3.05, 3.63) is 29.8 Å². The zero-order chi connectivity index (χ0) is 25.4. The molecule has 13 heteroatoms. The Labute approximate surface area is 194 Å². The van der Waals surface area contributed by atoms with Crippen LogP contribution in [-0.4, -0.2) is 92.3 Å². The van der Waals surface area contributed by atoms with Crippen molar-refractivity contribution in [1.82, 2.24) is 15.5 Å². The Hall–Kier alpha value is -3.71. The molecule has 1 aliphatic heterocycles. The van der Waals surface area contributed by atoms with Crippen molar-refractivity contribution in [2.75, 3.05) is 13.2 Å². The molecule has 8 N–H and O–H groups in total. The van der Waals surface area contributed by atoms with Crippen molar-refractivity contribution in [2.24, 2.45) is 5.73 Å². The summed E-state index contributed by atoms with van der Waals surface area (Å²) in [5, 5.41) is 41.4. The maximum atomic E-state index is 13.0. The van der Waals surface area contributed by atoms with Gasteiger partial charge in [-0.05, 0) is 30.5 Å². The number of carbonyl (C=O) groups is 5. The molecule has 186 valence electrons. The third kappa shape index (κ3) is 7.15. The summed E-state index contributed by atoms with van der Waals surface area (Å²) in [5.74, 6) is -5.25. The second-order valence-corrected chi connectivity index (χ2v) is 7.91. The summed E-state index contributed by atoms with van der Waals surface area (Å²) < 4.78 is 0. The predicted molar refractivity (Wildman–Crippen MR) is 115 cm³/mol. The highest BCUT2D eigenvalue weighted by molar-refractivity contribution is 5.95. The number of aliphatic hydroxyl groups excluding tert-OH is 1. The molecule has 2 rings (SSSR count). The standard InChI is InChI=1S/C21H28N4O9/c22-13(10-26)20(32)25-7-1-2-16(25)19(31)23-14(8-11-3-5-12(27)6-4-11)18(30)24-15(21(33)34)9-17(28)29/h3-6,13-16,26-27H,1-2,7-10,22H2,(H,23,31)(H,24,30)(H,28,29)(H,33,34). The highest BCUT2D eigenvalue weighted by Gasteiger charge is 2.38. The molecule has 4 unspecified atom stereocenters. The van der Waals surface area contributed by atoms with Gasteiger partial charge in [0.1, 0.15) is 29.9 Å². The first-order valence-corrected chi connectivity index (χ1v) is 10.5. The number of carboxylic acids is 2. The van der Waals surface area contributed by atoms with Gasteiger partial charge in [-0.1, -0.05) is 12.1 Å². The average molecular weight is 480 g/mol. The van der Waals surface area contributed by atoms with Gasteiger partial charge in [0.25, 0.3) is 0 Å². The van der Waals surface area contributed by atoms with Crippen molar-refractivity contribution < 1.29 is 44.4 Å². The number of nitrogens with two attached hydrogens (primary N) is 1. The number of carboxylic acid groups (broad SMARTS) is 2. The van der Waals surface area contributed by atoms with Crippen LogP contribution in [0.4, 0.5) is 0 Å². The summed E-state index contributed by atoms with van der Waals surface area (Å²) in [6.07, 6.45) is -0.185. The summed E-state index contributed by atoms with van der Waals surface area (Å²) in [5.41, 5.74) is 6.10. The quantitative estimate of drug-likeness (QED) is 0.181. The van der Waals surface area contributed by atoms with Crippen LogP contribution in [0.3, 0.4) is 0 Å². The number of hydrogen-bond acceptors (Lipinski definition) is 8. The lowest BCUT2D eigenvalue weighted by Crippen LogP contribution is -2.57. The number of nitrogens with one attached hydrogen (secondary N) is 2. The van der Waals surface area contributed by atoms with Crippen LogP contribution in [-0.2, 0) is 30.4 Å². The molecule has 1 heterocycles. The minimum absolute atomic E-state index is 0.0264. The Balaban J connectivity index is 2.22. The van der Waals surface area contributed by atoms with Crippen LogP contribution >= 0.6 is 0 Å². The van der Waals surface area contributed by atoms with Crippen molar-refractivity contribution >= 4 is 29.7 Å². The molecule has 1 aromatic rings. The third-order valence-electron chi connectivity index (χ3n) is 5.35. The number of amides is 3. The third-order valence-corrected chi connectivity index (χ3v) is 5.35. The van der Waals surface area contributed by atoms with E-state index in [-0.39, 0.29) is 18.7 Å². The molecule has 1 fully saturated rings. The van der Waals surface area contributed by atoms with Gasteiger partial charge in [0.15, 0.2) is 0 Å². The molecule has 0 radical (unpaired) electrons. The van der Waals surface area contributed by atoms with Gasteiger partial charge < -0.3 is 41.7 Å².